The minimum absolute atomic E-state index is 0.0920. The molecular weight excluding hydrogens is 418 g/mol. The van der Waals surface area contributed by atoms with E-state index in [1.807, 2.05) is 72.8 Å². The average Bonchev–Trinajstić information content (AvgIpc) is 3.51. The highest BCUT2D eigenvalue weighted by atomic mass is 16.6. The molecule has 2 aromatic carbocycles. The lowest BCUT2D eigenvalue weighted by molar-refractivity contribution is -0.141. The van der Waals surface area contributed by atoms with Gasteiger partial charge in [0.05, 0.1) is 24.3 Å². The van der Waals surface area contributed by atoms with Gasteiger partial charge < -0.3 is 13.9 Å². The highest BCUT2D eigenvalue weighted by Gasteiger charge is 2.51. The number of hydrogen-bond acceptors (Lipinski definition) is 5. The van der Waals surface area contributed by atoms with Crippen LogP contribution >= 0.6 is 0 Å². The van der Waals surface area contributed by atoms with Crippen LogP contribution in [0.2, 0.25) is 0 Å². The summed E-state index contributed by atoms with van der Waals surface area (Å²) in [5.41, 5.74) is 0.916. The summed E-state index contributed by atoms with van der Waals surface area (Å²) < 4.78 is 17.0. The lowest BCUT2D eigenvalue weighted by atomic mass is 9.79. The van der Waals surface area contributed by atoms with E-state index < -0.39 is 6.09 Å². The van der Waals surface area contributed by atoms with Gasteiger partial charge in [0.15, 0.2) is 0 Å². The van der Waals surface area contributed by atoms with Crippen molar-refractivity contribution in [1.29, 1.82) is 0 Å². The maximum Gasteiger partial charge on any atom is 0.411 e. The number of carbonyl (C=O) groups excluding carboxylic acids is 2. The van der Waals surface area contributed by atoms with E-state index in [4.69, 9.17) is 13.9 Å². The standard InChI is InChI=1S/C27H25NO5/c29-26(33-20-11-5-2-6-12-20)21-13-7-14-23-22(21)17-24(25-15-8-16-31-25)28(23)27(30)32-18-19-9-3-1-4-10-19/h1-12,14-16,21-24H,13,17-18H2/t21-,22+,23-,24-/m0/s1. The maximum absolute atomic E-state index is 13.3. The Labute approximate surface area is 192 Å². The number of furan rings is 1. The summed E-state index contributed by atoms with van der Waals surface area (Å²) in [5, 5.41) is 0. The molecule has 1 saturated heterocycles. The molecule has 4 atom stereocenters. The Bertz CT molecular complexity index is 1110. The van der Waals surface area contributed by atoms with Crippen LogP contribution in [-0.2, 0) is 16.1 Å². The first-order valence-electron chi connectivity index (χ1n) is 11.2. The second-order valence-corrected chi connectivity index (χ2v) is 8.37. The van der Waals surface area contributed by atoms with Crippen molar-refractivity contribution in [3.63, 3.8) is 0 Å². The number of para-hydroxylation sites is 1. The number of benzene rings is 2. The van der Waals surface area contributed by atoms with Crippen LogP contribution in [-0.4, -0.2) is 23.0 Å². The Morgan fingerprint density at radius 2 is 1.73 bits per heavy atom. The zero-order chi connectivity index (χ0) is 22.6. The van der Waals surface area contributed by atoms with Gasteiger partial charge in [-0.05, 0) is 48.6 Å². The summed E-state index contributed by atoms with van der Waals surface area (Å²) in [5.74, 6) is 0.478. The molecule has 0 bridgehead atoms. The summed E-state index contributed by atoms with van der Waals surface area (Å²) in [7, 11) is 0. The summed E-state index contributed by atoms with van der Waals surface area (Å²) >= 11 is 0. The molecule has 6 heteroatoms. The molecule has 0 N–H and O–H groups in total. The zero-order valence-corrected chi connectivity index (χ0v) is 18.1. The van der Waals surface area contributed by atoms with Gasteiger partial charge in [-0.15, -0.1) is 0 Å². The number of amides is 1. The highest BCUT2D eigenvalue weighted by Crippen LogP contribution is 2.47. The van der Waals surface area contributed by atoms with E-state index in [0.717, 1.165) is 5.56 Å². The molecule has 0 radical (unpaired) electrons. The lowest BCUT2D eigenvalue weighted by Crippen LogP contribution is -2.42. The summed E-state index contributed by atoms with van der Waals surface area (Å²) in [6.07, 6.45) is 6.31. The van der Waals surface area contributed by atoms with Crippen molar-refractivity contribution in [2.45, 2.75) is 31.5 Å². The molecule has 0 unspecified atom stereocenters. The van der Waals surface area contributed by atoms with Crippen molar-refractivity contribution in [2.24, 2.45) is 11.8 Å². The first-order valence-corrected chi connectivity index (χ1v) is 11.2. The van der Waals surface area contributed by atoms with Gasteiger partial charge in [0.1, 0.15) is 18.1 Å². The van der Waals surface area contributed by atoms with Crippen LogP contribution in [0.5, 0.6) is 5.75 Å². The van der Waals surface area contributed by atoms with Crippen molar-refractivity contribution in [3.8, 4) is 5.75 Å². The van der Waals surface area contributed by atoms with Crippen LogP contribution in [0.15, 0.2) is 95.6 Å². The Morgan fingerprint density at radius 3 is 2.45 bits per heavy atom. The number of rotatable bonds is 5. The molecule has 0 saturated carbocycles. The molecule has 2 aliphatic rings. The highest BCUT2D eigenvalue weighted by molar-refractivity contribution is 5.77. The van der Waals surface area contributed by atoms with Gasteiger partial charge in [-0.1, -0.05) is 60.7 Å². The molecule has 3 aromatic rings. The molecule has 0 spiro atoms. The Morgan fingerprint density at radius 1 is 0.970 bits per heavy atom. The fourth-order valence-corrected chi connectivity index (χ4v) is 4.83. The minimum Gasteiger partial charge on any atom is -0.467 e. The van der Waals surface area contributed by atoms with Crippen LogP contribution in [0.25, 0.3) is 0 Å². The normalized spacial score (nSPS) is 23.7. The van der Waals surface area contributed by atoms with Crippen molar-refractivity contribution < 1.29 is 23.5 Å². The summed E-state index contributed by atoms with van der Waals surface area (Å²) in [4.78, 5) is 28.0. The summed E-state index contributed by atoms with van der Waals surface area (Å²) in [6.45, 7) is 0.182. The second kappa shape index (κ2) is 9.36. The first kappa shape index (κ1) is 21.1. The van der Waals surface area contributed by atoms with Crippen molar-refractivity contribution in [3.05, 3.63) is 103 Å². The van der Waals surface area contributed by atoms with Crippen molar-refractivity contribution in [2.75, 3.05) is 0 Å². The number of likely N-dealkylation sites (tertiary alicyclic amines) is 1. The number of fused-ring (bicyclic) bond motifs is 1. The Kier molecular flexibility index (Phi) is 5.98. The second-order valence-electron chi connectivity index (χ2n) is 8.37. The van der Waals surface area contributed by atoms with E-state index in [0.29, 0.717) is 24.4 Å². The van der Waals surface area contributed by atoms with E-state index in [-0.39, 0.29) is 36.5 Å². The molecule has 5 rings (SSSR count). The number of ether oxygens (including phenoxy) is 2. The van der Waals surface area contributed by atoms with E-state index in [1.54, 1.807) is 23.3 Å². The van der Waals surface area contributed by atoms with Crippen LogP contribution in [0.3, 0.4) is 0 Å². The molecule has 168 valence electrons. The van der Waals surface area contributed by atoms with E-state index in [9.17, 15) is 9.59 Å². The van der Waals surface area contributed by atoms with Gasteiger partial charge >= 0.3 is 12.1 Å². The maximum atomic E-state index is 13.3. The van der Waals surface area contributed by atoms with Crippen LogP contribution in [0.4, 0.5) is 4.79 Å². The monoisotopic (exact) mass is 443 g/mol. The predicted molar refractivity (Wildman–Crippen MR) is 121 cm³/mol. The number of carbonyl (C=O) groups is 2. The smallest absolute Gasteiger partial charge is 0.411 e. The number of esters is 1. The third kappa shape index (κ3) is 4.42. The molecule has 1 fully saturated rings. The van der Waals surface area contributed by atoms with Crippen LogP contribution < -0.4 is 4.74 Å². The molecule has 1 aliphatic heterocycles. The Hall–Kier alpha value is -3.80. The minimum atomic E-state index is -0.422. The van der Waals surface area contributed by atoms with E-state index in [1.165, 1.54) is 0 Å². The quantitative estimate of drug-likeness (QED) is 0.295. The van der Waals surface area contributed by atoms with E-state index >= 15 is 0 Å². The predicted octanol–water partition coefficient (Wildman–Crippen LogP) is 5.53. The van der Waals surface area contributed by atoms with Crippen molar-refractivity contribution in [1.82, 2.24) is 4.90 Å². The number of hydrogen-bond donors (Lipinski definition) is 0. The fraction of sp³-hybridized carbons (Fsp3) is 0.259. The van der Waals surface area contributed by atoms with Crippen LogP contribution in [0, 0.1) is 11.8 Å². The van der Waals surface area contributed by atoms with Gasteiger partial charge in [0.25, 0.3) is 0 Å². The first-order chi connectivity index (χ1) is 16.2. The molecule has 1 aliphatic carbocycles. The van der Waals surface area contributed by atoms with Crippen molar-refractivity contribution >= 4 is 12.1 Å². The topological polar surface area (TPSA) is 69.0 Å². The molecular formula is C27H25NO5. The van der Waals surface area contributed by atoms with Gasteiger partial charge in [0, 0.05) is 0 Å². The lowest BCUT2D eigenvalue weighted by Gasteiger charge is -2.32. The third-order valence-corrected chi connectivity index (χ3v) is 6.38. The molecule has 1 aromatic heterocycles. The van der Waals surface area contributed by atoms with Gasteiger partial charge in [-0.25, -0.2) is 4.79 Å². The summed E-state index contributed by atoms with van der Waals surface area (Å²) in [6, 6.07) is 21.7. The fourth-order valence-electron chi connectivity index (χ4n) is 4.83. The molecule has 1 amide bonds. The largest absolute Gasteiger partial charge is 0.467 e. The number of allylic oxidation sites excluding steroid dienone is 1. The zero-order valence-electron chi connectivity index (χ0n) is 18.1. The SMILES string of the molecule is O=C(Oc1ccccc1)[C@H]1CC=C[C@H]2[C@@H]1C[C@@H](c1ccco1)N2C(=O)OCc1ccccc1. The number of nitrogens with zero attached hydrogens (tertiary/aromatic N) is 1. The van der Waals surface area contributed by atoms with Crippen LogP contribution in [0.1, 0.15) is 30.2 Å². The Balaban J connectivity index is 1.37. The van der Waals surface area contributed by atoms with Gasteiger partial charge in [0.2, 0.25) is 0 Å². The third-order valence-electron chi connectivity index (χ3n) is 6.38. The molecule has 33 heavy (non-hydrogen) atoms. The molecule has 2 heterocycles. The average molecular weight is 443 g/mol. The van der Waals surface area contributed by atoms with E-state index in [2.05, 4.69) is 0 Å². The van der Waals surface area contributed by atoms with Gasteiger partial charge in [-0.2, -0.15) is 0 Å². The van der Waals surface area contributed by atoms with Gasteiger partial charge in [-0.3, -0.25) is 9.69 Å². The molecule has 6 nitrogen and oxygen atoms in total.